The van der Waals surface area contributed by atoms with Gasteiger partial charge in [0.05, 0.1) is 0 Å². The summed E-state index contributed by atoms with van der Waals surface area (Å²) < 4.78 is 0. The molecule has 15 heavy (non-hydrogen) atoms. The van der Waals surface area contributed by atoms with Crippen LogP contribution in [0.15, 0.2) is 66.7 Å². The third-order valence-corrected chi connectivity index (χ3v) is 1.75. The minimum absolute atomic E-state index is 0.121. The van der Waals surface area contributed by atoms with Crippen molar-refractivity contribution in [2.24, 2.45) is 5.73 Å². The van der Waals surface area contributed by atoms with Gasteiger partial charge < -0.3 is 5.73 Å². The summed E-state index contributed by atoms with van der Waals surface area (Å²) in [4.78, 5) is 0. The van der Waals surface area contributed by atoms with Gasteiger partial charge in [0.2, 0.25) is 0 Å². The number of nitrogen functional groups attached to an aromatic ring is 1. The number of nitrogens with two attached hydrogens (primary N) is 1. The van der Waals surface area contributed by atoms with Crippen LogP contribution in [-0.4, -0.2) is 5.84 Å². The average molecular weight is 198 g/mol. The van der Waals surface area contributed by atoms with Crippen LogP contribution in [0.25, 0.3) is 0 Å². The number of benzene rings is 2. The number of nitrogens with one attached hydrogen (secondary N) is 1. The molecular weight excluding hydrogens is 184 g/mol. The van der Waals surface area contributed by atoms with E-state index >= 15 is 0 Å². The van der Waals surface area contributed by atoms with Crippen molar-refractivity contribution >= 4 is 5.84 Å². The Morgan fingerprint density at radius 3 is 1.33 bits per heavy atom. The van der Waals surface area contributed by atoms with Crippen LogP contribution in [0.2, 0.25) is 0 Å². The van der Waals surface area contributed by atoms with E-state index in [1.807, 2.05) is 66.7 Å². The predicted octanol–water partition coefficient (Wildman–Crippen LogP) is 2.66. The number of hydrogen-bond acceptors (Lipinski definition) is 1. The lowest BCUT2D eigenvalue weighted by Gasteiger charge is -1.93. The molecule has 2 aromatic carbocycles. The lowest BCUT2D eigenvalue weighted by atomic mass is 10.2. The predicted molar refractivity (Wildman–Crippen MR) is 63.9 cm³/mol. The Bertz CT molecular complexity index is 355. The molecule has 0 aliphatic heterocycles. The first-order valence-electron chi connectivity index (χ1n) is 4.70. The van der Waals surface area contributed by atoms with Crippen molar-refractivity contribution in [1.29, 1.82) is 5.41 Å². The van der Waals surface area contributed by atoms with Crippen molar-refractivity contribution in [3.8, 4) is 0 Å². The third-order valence-electron chi connectivity index (χ3n) is 1.75. The molecule has 0 aliphatic rings. The van der Waals surface area contributed by atoms with Gasteiger partial charge in [-0.2, -0.15) is 0 Å². The second kappa shape index (κ2) is 6.38. The molecule has 2 rings (SSSR count). The molecule has 0 heterocycles. The van der Waals surface area contributed by atoms with Gasteiger partial charge in [0.15, 0.2) is 0 Å². The van der Waals surface area contributed by atoms with Gasteiger partial charge in [0, 0.05) is 5.56 Å². The molecule has 2 nitrogen and oxygen atoms in total. The van der Waals surface area contributed by atoms with E-state index in [9.17, 15) is 0 Å². The van der Waals surface area contributed by atoms with Gasteiger partial charge in [0.1, 0.15) is 5.84 Å². The molecule has 0 atom stereocenters. The Kier molecular flexibility index (Phi) is 4.67. The summed E-state index contributed by atoms with van der Waals surface area (Å²) in [5, 5.41) is 7.01. The summed E-state index contributed by atoms with van der Waals surface area (Å²) in [6.07, 6.45) is 0. The van der Waals surface area contributed by atoms with Crippen molar-refractivity contribution in [2.45, 2.75) is 0 Å². The molecule has 2 aromatic rings. The largest absolute Gasteiger partial charge is 0.384 e. The molecule has 2 heteroatoms. The van der Waals surface area contributed by atoms with E-state index < -0.39 is 0 Å². The van der Waals surface area contributed by atoms with Gasteiger partial charge in [-0.15, -0.1) is 0 Å². The van der Waals surface area contributed by atoms with E-state index in [2.05, 4.69) is 0 Å². The molecule has 0 spiro atoms. The Labute approximate surface area is 89.9 Å². The van der Waals surface area contributed by atoms with E-state index in [0.717, 1.165) is 5.56 Å². The fraction of sp³-hybridized carbons (Fsp3) is 0. The average Bonchev–Trinajstić information content (AvgIpc) is 2.33. The fourth-order valence-corrected chi connectivity index (χ4v) is 1.00. The van der Waals surface area contributed by atoms with Crippen LogP contribution in [-0.2, 0) is 0 Å². The molecule has 0 aliphatic carbocycles. The van der Waals surface area contributed by atoms with Crippen molar-refractivity contribution in [1.82, 2.24) is 0 Å². The molecule has 0 radical (unpaired) electrons. The standard InChI is InChI=1S/C7H8N2.C6H6/c8-7(9)6-4-2-1-3-5-6;1-2-4-6-5-3-1/h1-5H,(H3,8,9);1-6H. The zero-order valence-corrected chi connectivity index (χ0v) is 8.43. The fourth-order valence-electron chi connectivity index (χ4n) is 1.00. The van der Waals surface area contributed by atoms with Crippen molar-refractivity contribution in [2.75, 3.05) is 0 Å². The highest BCUT2D eigenvalue weighted by molar-refractivity contribution is 5.94. The number of hydrogen-bond donors (Lipinski definition) is 2. The quantitative estimate of drug-likeness (QED) is 0.537. The maximum Gasteiger partial charge on any atom is 0.122 e. The van der Waals surface area contributed by atoms with Crippen LogP contribution in [0.3, 0.4) is 0 Å². The second-order valence-corrected chi connectivity index (χ2v) is 2.93. The minimum atomic E-state index is 0.121. The number of rotatable bonds is 1. The van der Waals surface area contributed by atoms with Crippen LogP contribution in [0.5, 0.6) is 0 Å². The summed E-state index contributed by atoms with van der Waals surface area (Å²) in [7, 11) is 0. The molecule has 0 aromatic heterocycles. The van der Waals surface area contributed by atoms with Gasteiger partial charge in [-0.3, -0.25) is 5.41 Å². The molecule has 0 unspecified atom stereocenters. The highest BCUT2D eigenvalue weighted by atomic mass is 14.7. The Morgan fingerprint density at radius 1 is 0.733 bits per heavy atom. The van der Waals surface area contributed by atoms with Crippen molar-refractivity contribution in [3.63, 3.8) is 0 Å². The van der Waals surface area contributed by atoms with E-state index in [4.69, 9.17) is 11.1 Å². The van der Waals surface area contributed by atoms with Crippen LogP contribution in [0.4, 0.5) is 0 Å². The summed E-state index contributed by atoms with van der Waals surface area (Å²) >= 11 is 0. The molecule has 0 bridgehead atoms. The number of amidine groups is 1. The lowest BCUT2D eigenvalue weighted by molar-refractivity contribution is 1.42. The van der Waals surface area contributed by atoms with E-state index in [1.165, 1.54) is 0 Å². The third kappa shape index (κ3) is 4.62. The molecule has 3 N–H and O–H groups in total. The Morgan fingerprint density at radius 2 is 1.07 bits per heavy atom. The molecule has 0 amide bonds. The zero-order valence-electron chi connectivity index (χ0n) is 8.43. The topological polar surface area (TPSA) is 49.9 Å². The summed E-state index contributed by atoms with van der Waals surface area (Å²) in [6.45, 7) is 0. The van der Waals surface area contributed by atoms with Gasteiger partial charge in [-0.25, -0.2) is 0 Å². The molecule has 0 saturated carbocycles. The normalized spacial score (nSPS) is 8.53. The summed E-state index contributed by atoms with van der Waals surface area (Å²) in [5.74, 6) is 0.121. The van der Waals surface area contributed by atoms with Crippen molar-refractivity contribution < 1.29 is 0 Å². The van der Waals surface area contributed by atoms with E-state index in [0.29, 0.717) is 0 Å². The zero-order chi connectivity index (χ0) is 10.9. The van der Waals surface area contributed by atoms with Crippen LogP contribution in [0, 0.1) is 5.41 Å². The maximum absolute atomic E-state index is 7.01. The summed E-state index contributed by atoms with van der Waals surface area (Å²) in [6, 6.07) is 21.2. The summed E-state index contributed by atoms with van der Waals surface area (Å²) in [5.41, 5.74) is 5.97. The SMILES string of the molecule is N=C(N)c1ccccc1.c1ccccc1. The highest BCUT2D eigenvalue weighted by Gasteiger charge is 1.89. The van der Waals surface area contributed by atoms with E-state index in [-0.39, 0.29) is 5.84 Å². The Hall–Kier alpha value is -2.09. The molecule has 0 fully saturated rings. The molecule has 0 saturated heterocycles. The van der Waals surface area contributed by atoms with Crippen LogP contribution < -0.4 is 5.73 Å². The van der Waals surface area contributed by atoms with Gasteiger partial charge >= 0.3 is 0 Å². The first-order chi connectivity index (χ1) is 7.30. The van der Waals surface area contributed by atoms with Gasteiger partial charge in [0.25, 0.3) is 0 Å². The lowest BCUT2D eigenvalue weighted by Crippen LogP contribution is -2.10. The monoisotopic (exact) mass is 198 g/mol. The highest BCUT2D eigenvalue weighted by Crippen LogP contribution is 1.94. The molecule has 76 valence electrons. The van der Waals surface area contributed by atoms with E-state index in [1.54, 1.807) is 0 Å². The minimum Gasteiger partial charge on any atom is -0.384 e. The smallest absolute Gasteiger partial charge is 0.122 e. The van der Waals surface area contributed by atoms with Gasteiger partial charge in [-0.05, 0) is 0 Å². The van der Waals surface area contributed by atoms with Crippen LogP contribution in [0.1, 0.15) is 5.56 Å². The van der Waals surface area contributed by atoms with Crippen LogP contribution >= 0.6 is 0 Å². The first-order valence-corrected chi connectivity index (χ1v) is 4.70. The first kappa shape index (κ1) is 11.0. The Balaban J connectivity index is 0.000000162. The second-order valence-electron chi connectivity index (χ2n) is 2.93. The van der Waals surface area contributed by atoms with Crippen molar-refractivity contribution in [3.05, 3.63) is 72.3 Å². The maximum atomic E-state index is 7.01. The van der Waals surface area contributed by atoms with Gasteiger partial charge in [-0.1, -0.05) is 66.7 Å². The molecular formula is C13H14N2.